The van der Waals surface area contributed by atoms with Gasteiger partial charge in [0, 0.05) is 25.7 Å². The minimum absolute atomic E-state index is 0.115. The van der Waals surface area contributed by atoms with E-state index in [0.717, 1.165) is 32.5 Å². The summed E-state index contributed by atoms with van der Waals surface area (Å²) in [6.07, 6.45) is 6.29. The summed E-state index contributed by atoms with van der Waals surface area (Å²) in [7, 11) is 0. The molecule has 0 bridgehead atoms. The van der Waals surface area contributed by atoms with Crippen LogP contribution in [0.2, 0.25) is 0 Å². The van der Waals surface area contributed by atoms with Crippen LogP contribution in [-0.2, 0) is 4.74 Å². The fourth-order valence-electron chi connectivity index (χ4n) is 3.35. The average Bonchev–Trinajstić information content (AvgIpc) is 2.87. The standard InChI is InChI=1S/C13H23N3O2/c17-13(15-10-4-2-1-3-5-10)16-6-7-18-12-9-14-8-11(12)16/h10-12,14H,1-9H2,(H,15,17)/t11-,12+/m0/s1. The minimum atomic E-state index is 0.115. The molecule has 2 aliphatic heterocycles. The fourth-order valence-corrected chi connectivity index (χ4v) is 3.35. The molecule has 0 radical (unpaired) electrons. The van der Waals surface area contributed by atoms with Crippen molar-refractivity contribution in [3.8, 4) is 0 Å². The van der Waals surface area contributed by atoms with Crippen molar-refractivity contribution in [2.45, 2.75) is 50.3 Å². The van der Waals surface area contributed by atoms with Crippen molar-refractivity contribution >= 4 is 6.03 Å². The molecule has 0 spiro atoms. The highest BCUT2D eigenvalue weighted by Gasteiger charge is 2.38. The molecule has 2 amide bonds. The van der Waals surface area contributed by atoms with Crippen LogP contribution in [0.15, 0.2) is 0 Å². The first-order valence-electron chi connectivity index (χ1n) is 7.24. The summed E-state index contributed by atoms with van der Waals surface area (Å²) in [5.41, 5.74) is 0. The third-order valence-electron chi connectivity index (χ3n) is 4.39. The Balaban J connectivity index is 1.57. The number of ether oxygens (including phenoxy) is 1. The van der Waals surface area contributed by atoms with Crippen molar-refractivity contribution in [1.82, 2.24) is 15.5 Å². The van der Waals surface area contributed by atoms with Gasteiger partial charge < -0.3 is 20.3 Å². The van der Waals surface area contributed by atoms with Crippen molar-refractivity contribution in [1.29, 1.82) is 0 Å². The zero-order chi connectivity index (χ0) is 12.4. The molecule has 2 saturated heterocycles. The Morgan fingerprint density at radius 3 is 2.89 bits per heavy atom. The van der Waals surface area contributed by atoms with Crippen LogP contribution in [0.25, 0.3) is 0 Å². The topological polar surface area (TPSA) is 53.6 Å². The van der Waals surface area contributed by atoms with Crippen molar-refractivity contribution in [2.75, 3.05) is 26.2 Å². The second kappa shape index (κ2) is 5.45. The van der Waals surface area contributed by atoms with Crippen LogP contribution in [0.1, 0.15) is 32.1 Å². The van der Waals surface area contributed by atoms with Gasteiger partial charge in [0.2, 0.25) is 0 Å². The zero-order valence-electron chi connectivity index (χ0n) is 10.9. The lowest BCUT2D eigenvalue weighted by Gasteiger charge is -2.38. The van der Waals surface area contributed by atoms with Crippen molar-refractivity contribution < 1.29 is 9.53 Å². The van der Waals surface area contributed by atoms with Gasteiger partial charge in [0.1, 0.15) is 0 Å². The summed E-state index contributed by atoms with van der Waals surface area (Å²) >= 11 is 0. The molecule has 2 heterocycles. The second-order valence-corrected chi connectivity index (χ2v) is 5.61. The predicted octanol–water partition coefficient (Wildman–Crippen LogP) is 0.701. The predicted molar refractivity (Wildman–Crippen MR) is 68.5 cm³/mol. The maximum absolute atomic E-state index is 12.3. The highest BCUT2D eigenvalue weighted by atomic mass is 16.5. The highest BCUT2D eigenvalue weighted by Crippen LogP contribution is 2.20. The molecule has 1 saturated carbocycles. The van der Waals surface area contributed by atoms with Crippen LogP contribution in [0.4, 0.5) is 4.79 Å². The lowest BCUT2D eigenvalue weighted by Crippen LogP contribution is -2.57. The smallest absolute Gasteiger partial charge is 0.318 e. The Morgan fingerprint density at radius 1 is 1.22 bits per heavy atom. The molecule has 3 rings (SSSR count). The monoisotopic (exact) mass is 253 g/mol. The SMILES string of the molecule is O=C(NC1CCCCC1)N1CCO[C@@H]2CNC[C@@H]21. The van der Waals surface area contributed by atoms with Gasteiger partial charge in [0.15, 0.2) is 0 Å². The molecule has 2 N–H and O–H groups in total. The largest absolute Gasteiger partial charge is 0.373 e. The Labute approximate surface area is 108 Å². The number of amides is 2. The first-order chi connectivity index (χ1) is 8.84. The van der Waals surface area contributed by atoms with E-state index in [9.17, 15) is 4.79 Å². The maximum Gasteiger partial charge on any atom is 0.318 e. The number of hydrogen-bond acceptors (Lipinski definition) is 3. The van der Waals surface area contributed by atoms with Crippen LogP contribution in [0, 0.1) is 0 Å². The number of rotatable bonds is 1. The molecular formula is C13H23N3O2. The summed E-state index contributed by atoms with van der Waals surface area (Å²) in [4.78, 5) is 14.3. The molecule has 102 valence electrons. The number of carbonyl (C=O) groups is 1. The second-order valence-electron chi connectivity index (χ2n) is 5.61. The average molecular weight is 253 g/mol. The summed E-state index contributed by atoms with van der Waals surface area (Å²) in [6.45, 7) is 3.13. The van der Waals surface area contributed by atoms with Crippen LogP contribution in [-0.4, -0.2) is 55.4 Å². The lowest BCUT2D eigenvalue weighted by molar-refractivity contribution is -0.0299. The first-order valence-corrected chi connectivity index (χ1v) is 7.24. The fraction of sp³-hybridized carbons (Fsp3) is 0.923. The molecule has 0 aromatic carbocycles. The molecule has 2 atom stereocenters. The van der Waals surface area contributed by atoms with Gasteiger partial charge in [-0.2, -0.15) is 0 Å². The summed E-state index contributed by atoms with van der Waals surface area (Å²) in [5, 5.41) is 6.51. The highest BCUT2D eigenvalue weighted by molar-refractivity contribution is 5.75. The van der Waals surface area contributed by atoms with Crippen molar-refractivity contribution in [3.05, 3.63) is 0 Å². The molecule has 3 aliphatic rings. The summed E-state index contributed by atoms with van der Waals surface area (Å²) < 4.78 is 5.69. The number of morpholine rings is 1. The van der Waals surface area contributed by atoms with E-state index in [1.54, 1.807) is 0 Å². The quantitative estimate of drug-likeness (QED) is 0.723. The third kappa shape index (κ3) is 2.47. The van der Waals surface area contributed by atoms with E-state index in [-0.39, 0.29) is 18.2 Å². The zero-order valence-corrected chi connectivity index (χ0v) is 10.9. The normalized spacial score (nSPS) is 33.2. The van der Waals surface area contributed by atoms with E-state index in [1.165, 1.54) is 19.3 Å². The van der Waals surface area contributed by atoms with Gasteiger partial charge in [0.25, 0.3) is 0 Å². The van der Waals surface area contributed by atoms with Gasteiger partial charge >= 0.3 is 6.03 Å². The molecule has 1 aliphatic carbocycles. The Bertz CT molecular complexity index is 305. The van der Waals surface area contributed by atoms with E-state index >= 15 is 0 Å². The van der Waals surface area contributed by atoms with Crippen LogP contribution < -0.4 is 10.6 Å². The molecule has 5 heteroatoms. The Morgan fingerprint density at radius 2 is 2.06 bits per heavy atom. The molecule has 0 unspecified atom stereocenters. The molecule has 0 aromatic rings. The van der Waals surface area contributed by atoms with Crippen LogP contribution >= 0.6 is 0 Å². The number of nitrogens with zero attached hydrogens (tertiary/aromatic N) is 1. The number of fused-ring (bicyclic) bond motifs is 1. The van der Waals surface area contributed by atoms with Gasteiger partial charge in [-0.15, -0.1) is 0 Å². The number of hydrogen-bond donors (Lipinski definition) is 2. The van der Waals surface area contributed by atoms with Crippen LogP contribution in [0.5, 0.6) is 0 Å². The van der Waals surface area contributed by atoms with E-state index in [0.29, 0.717) is 12.6 Å². The van der Waals surface area contributed by atoms with Gasteiger partial charge in [-0.25, -0.2) is 4.79 Å². The number of urea groups is 1. The van der Waals surface area contributed by atoms with Gasteiger partial charge in [-0.1, -0.05) is 19.3 Å². The van der Waals surface area contributed by atoms with Crippen molar-refractivity contribution in [2.24, 2.45) is 0 Å². The van der Waals surface area contributed by atoms with Gasteiger partial charge in [0.05, 0.1) is 18.8 Å². The van der Waals surface area contributed by atoms with Gasteiger partial charge in [-0.3, -0.25) is 0 Å². The van der Waals surface area contributed by atoms with E-state index in [1.807, 2.05) is 4.90 Å². The van der Waals surface area contributed by atoms with Crippen LogP contribution in [0.3, 0.4) is 0 Å². The van der Waals surface area contributed by atoms with E-state index in [4.69, 9.17) is 4.74 Å². The van der Waals surface area contributed by atoms with Crippen molar-refractivity contribution in [3.63, 3.8) is 0 Å². The number of carbonyl (C=O) groups excluding carboxylic acids is 1. The summed E-state index contributed by atoms with van der Waals surface area (Å²) in [5.74, 6) is 0. The Hall–Kier alpha value is -0.810. The number of nitrogens with one attached hydrogen (secondary N) is 2. The van der Waals surface area contributed by atoms with Gasteiger partial charge in [-0.05, 0) is 12.8 Å². The maximum atomic E-state index is 12.3. The Kier molecular flexibility index (Phi) is 3.70. The van der Waals surface area contributed by atoms with E-state index in [2.05, 4.69) is 10.6 Å². The molecule has 5 nitrogen and oxygen atoms in total. The summed E-state index contributed by atoms with van der Waals surface area (Å²) in [6, 6.07) is 0.730. The lowest BCUT2D eigenvalue weighted by atomic mass is 9.96. The molecular weight excluding hydrogens is 230 g/mol. The molecule has 18 heavy (non-hydrogen) atoms. The third-order valence-corrected chi connectivity index (χ3v) is 4.39. The first kappa shape index (κ1) is 12.2. The minimum Gasteiger partial charge on any atom is -0.373 e. The molecule has 0 aromatic heterocycles. The molecule has 3 fully saturated rings. The van der Waals surface area contributed by atoms with E-state index < -0.39 is 0 Å².